The van der Waals surface area contributed by atoms with Crippen molar-refractivity contribution in [3.05, 3.63) is 40.6 Å². The Balaban J connectivity index is 2.16. The van der Waals surface area contributed by atoms with E-state index in [9.17, 15) is 14.4 Å². The molecule has 0 radical (unpaired) electrons. The molecule has 0 fully saturated rings. The van der Waals surface area contributed by atoms with Gasteiger partial charge in [0, 0.05) is 12.6 Å². The van der Waals surface area contributed by atoms with Crippen LogP contribution in [0.1, 0.15) is 16.1 Å². The van der Waals surface area contributed by atoms with Gasteiger partial charge in [-0.05, 0) is 13.0 Å². The van der Waals surface area contributed by atoms with Gasteiger partial charge in [-0.2, -0.15) is 0 Å². The van der Waals surface area contributed by atoms with E-state index < -0.39 is 24.5 Å². The van der Waals surface area contributed by atoms with Crippen LogP contribution in [0.3, 0.4) is 0 Å². The number of aromatic nitrogens is 1. The summed E-state index contributed by atoms with van der Waals surface area (Å²) in [5.41, 5.74) is 0.781. The molecule has 24 heavy (non-hydrogen) atoms. The Morgan fingerprint density at radius 1 is 1.29 bits per heavy atom. The Morgan fingerprint density at radius 2 is 2.00 bits per heavy atom. The maximum absolute atomic E-state index is 12.2. The Hall–Kier alpha value is -2.87. The number of ether oxygens (including phenoxy) is 1. The number of halogens is 1. The molecule has 2 aromatic rings. The van der Waals surface area contributed by atoms with Crippen LogP contribution in [0.2, 0.25) is 5.02 Å². The molecule has 0 aliphatic rings. The standard InChI is InChI=1S/C15H14ClN3O5/c1-8-12(14(21)23-7-11(20)18-15(22)17-2)13(19-24-8)9-5-3-4-6-10(9)16/h3-6H,7H2,1-2H3,(H2,17,18,20,22). The average molecular weight is 352 g/mol. The first kappa shape index (κ1) is 17.5. The zero-order valence-electron chi connectivity index (χ0n) is 12.9. The van der Waals surface area contributed by atoms with Gasteiger partial charge < -0.3 is 14.6 Å². The minimum atomic E-state index is -0.810. The SMILES string of the molecule is CNC(=O)NC(=O)COC(=O)c1c(-c2ccccc2Cl)noc1C. The fraction of sp³-hybridized carbons (Fsp3) is 0.200. The molecule has 1 aromatic heterocycles. The third-order valence-electron chi connectivity index (χ3n) is 3.01. The number of amides is 3. The highest BCUT2D eigenvalue weighted by Crippen LogP contribution is 2.31. The number of imide groups is 1. The third kappa shape index (κ3) is 3.90. The van der Waals surface area contributed by atoms with Gasteiger partial charge in [0.25, 0.3) is 5.91 Å². The topological polar surface area (TPSA) is 111 Å². The summed E-state index contributed by atoms with van der Waals surface area (Å²) in [6.45, 7) is 0.910. The number of nitrogens with one attached hydrogen (secondary N) is 2. The number of urea groups is 1. The number of carbonyl (C=O) groups excluding carboxylic acids is 3. The largest absolute Gasteiger partial charge is 0.452 e. The van der Waals surface area contributed by atoms with Gasteiger partial charge in [-0.25, -0.2) is 9.59 Å². The molecule has 0 atom stereocenters. The van der Waals surface area contributed by atoms with Crippen molar-refractivity contribution in [1.29, 1.82) is 0 Å². The fourth-order valence-corrected chi connectivity index (χ4v) is 2.10. The molecule has 0 aliphatic carbocycles. The number of benzene rings is 1. The smallest absolute Gasteiger partial charge is 0.344 e. The Labute approximate surface area is 142 Å². The molecule has 0 spiro atoms. The van der Waals surface area contributed by atoms with Crippen LogP contribution in [0.4, 0.5) is 4.79 Å². The van der Waals surface area contributed by atoms with Crippen LogP contribution in [-0.2, 0) is 9.53 Å². The zero-order valence-corrected chi connectivity index (χ0v) is 13.6. The van der Waals surface area contributed by atoms with Crippen molar-refractivity contribution in [2.45, 2.75) is 6.92 Å². The van der Waals surface area contributed by atoms with Crippen molar-refractivity contribution >= 4 is 29.5 Å². The summed E-state index contributed by atoms with van der Waals surface area (Å²) >= 11 is 6.10. The van der Waals surface area contributed by atoms with Crippen molar-refractivity contribution in [3.8, 4) is 11.3 Å². The van der Waals surface area contributed by atoms with Crippen molar-refractivity contribution in [2.24, 2.45) is 0 Å². The van der Waals surface area contributed by atoms with Gasteiger partial charge in [0.15, 0.2) is 6.61 Å². The second kappa shape index (κ2) is 7.60. The lowest BCUT2D eigenvalue weighted by Crippen LogP contribution is -2.39. The summed E-state index contributed by atoms with van der Waals surface area (Å²) in [5.74, 6) is -1.35. The zero-order chi connectivity index (χ0) is 17.7. The quantitative estimate of drug-likeness (QED) is 0.814. The molecule has 126 valence electrons. The number of hydrogen-bond donors (Lipinski definition) is 2. The molecule has 0 bridgehead atoms. The van der Waals surface area contributed by atoms with Crippen LogP contribution in [0.25, 0.3) is 11.3 Å². The van der Waals surface area contributed by atoms with Crippen molar-refractivity contribution in [3.63, 3.8) is 0 Å². The molecule has 2 rings (SSSR count). The minimum absolute atomic E-state index is 0.0656. The molecule has 2 N–H and O–H groups in total. The minimum Gasteiger partial charge on any atom is -0.452 e. The highest BCUT2D eigenvalue weighted by Gasteiger charge is 2.25. The maximum atomic E-state index is 12.2. The van der Waals surface area contributed by atoms with Gasteiger partial charge in [-0.1, -0.05) is 35.0 Å². The van der Waals surface area contributed by atoms with Crippen LogP contribution < -0.4 is 10.6 Å². The van der Waals surface area contributed by atoms with Gasteiger partial charge >= 0.3 is 12.0 Å². The molecule has 1 heterocycles. The van der Waals surface area contributed by atoms with Crippen molar-refractivity contribution in [2.75, 3.05) is 13.7 Å². The van der Waals surface area contributed by atoms with E-state index in [4.69, 9.17) is 20.9 Å². The Bertz CT molecular complexity index is 787. The summed E-state index contributed by atoms with van der Waals surface area (Å²) in [4.78, 5) is 34.7. The molecule has 0 aliphatic heterocycles. The molecule has 0 saturated carbocycles. The number of hydrogen-bond acceptors (Lipinski definition) is 6. The predicted molar refractivity (Wildman–Crippen MR) is 84.6 cm³/mol. The van der Waals surface area contributed by atoms with Crippen LogP contribution in [0, 0.1) is 6.92 Å². The maximum Gasteiger partial charge on any atom is 0.344 e. The summed E-state index contributed by atoms with van der Waals surface area (Å²) in [7, 11) is 1.35. The lowest BCUT2D eigenvalue weighted by Gasteiger charge is -2.06. The van der Waals surface area contributed by atoms with E-state index in [1.807, 2.05) is 5.32 Å². The average Bonchev–Trinajstić information content (AvgIpc) is 2.94. The predicted octanol–water partition coefficient (Wildman–Crippen LogP) is 1.92. The van der Waals surface area contributed by atoms with Gasteiger partial charge in [0.05, 0.1) is 5.02 Å². The summed E-state index contributed by atoms with van der Waals surface area (Å²) in [6.07, 6.45) is 0. The van der Waals surface area contributed by atoms with Gasteiger partial charge in [0.1, 0.15) is 17.0 Å². The van der Waals surface area contributed by atoms with Gasteiger partial charge in [-0.3, -0.25) is 10.1 Å². The first-order chi connectivity index (χ1) is 11.4. The Morgan fingerprint density at radius 3 is 2.67 bits per heavy atom. The number of esters is 1. The van der Waals surface area contributed by atoms with E-state index in [1.165, 1.54) is 14.0 Å². The molecular weight excluding hydrogens is 338 g/mol. The number of rotatable bonds is 4. The number of nitrogens with zero attached hydrogens (tertiary/aromatic N) is 1. The van der Waals surface area contributed by atoms with Gasteiger partial charge in [0.2, 0.25) is 0 Å². The third-order valence-corrected chi connectivity index (χ3v) is 3.34. The van der Waals surface area contributed by atoms with E-state index >= 15 is 0 Å². The van der Waals surface area contributed by atoms with Crippen LogP contribution in [-0.4, -0.2) is 36.7 Å². The lowest BCUT2D eigenvalue weighted by molar-refractivity contribution is -0.123. The highest BCUT2D eigenvalue weighted by atomic mass is 35.5. The van der Waals surface area contributed by atoms with Crippen LogP contribution >= 0.6 is 11.6 Å². The molecule has 0 unspecified atom stereocenters. The van der Waals surface area contributed by atoms with E-state index in [2.05, 4.69) is 10.5 Å². The van der Waals surface area contributed by atoms with Crippen molar-refractivity contribution < 1.29 is 23.6 Å². The van der Waals surface area contributed by atoms with E-state index in [1.54, 1.807) is 24.3 Å². The number of aryl methyl sites for hydroxylation is 1. The Kier molecular flexibility index (Phi) is 5.54. The first-order valence-corrected chi connectivity index (χ1v) is 7.21. The van der Waals surface area contributed by atoms with Crippen LogP contribution in [0.5, 0.6) is 0 Å². The first-order valence-electron chi connectivity index (χ1n) is 6.84. The molecule has 0 saturated heterocycles. The second-order valence-electron chi connectivity index (χ2n) is 4.65. The van der Waals surface area contributed by atoms with E-state index in [-0.39, 0.29) is 17.0 Å². The molecule has 1 aromatic carbocycles. The molecule has 9 heteroatoms. The van der Waals surface area contributed by atoms with E-state index in [0.29, 0.717) is 10.6 Å². The van der Waals surface area contributed by atoms with Crippen LogP contribution in [0.15, 0.2) is 28.8 Å². The number of carbonyl (C=O) groups is 3. The van der Waals surface area contributed by atoms with Crippen molar-refractivity contribution in [1.82, 2.24) is 15.8 Å². The normalized spacial score (nSPS) is 10.1. The highest BCUT2D eigenvalue weighted by molar-refractivity contribution is 6.33. The summed E-state index contributed by atoms with van der Waals surface area (Å²) < 4.78 is 9.94. The lowest BCUT2D eigenvalue weighted by atomic mass is 10.1. The monoisotopic (exact) mass is 351 g/mol. The molecule has 8 nitrogen and oxygen atoms in total. The summed E-state index contributed by atoms with van der Waals surface area (Å²) in [6, 6.07) is 6.09. The fourth-order valence-electron chi connectivity index (χ4n) is 1.88. The molecular formula is C15H14ClN3O5. The van der Waals surface area contributed by atoms with Gasteiger partial charge in [-0.15, -0.1) is 0 Å². The summed E-state index contributed by atoms with van der Waals surface area (Å²) in [5, 5.41) is 8.40. The van der Waals surface area contributed by atoms with E-state index in [0.717, 1.165) is 0 Å². The second-order valence-corrected chi connectivity index (χ2v) is 5.05. The molecule has 3 amide bonds.